The van der Waals surface area contributed by atoms with E-state index in [9.17, 15) is 9.59 Å². The van der Waals surface area contributed by atoms with Crippen molar-refractivity contribution in [2.24, 2.45) is 5.73 Å². The van der Waals surface area contributed by atoms with Gasteiger partial charge in [0.25, 0.3) is 5.91 Å². The third-order valence-corrected chi connectivity index (χ3v) is 3.49. The van der Waals surface area contributed by atoms with E-state index >= 15 is 0 Å². The van der Waals surface area contributed by atoms with Crippen LogP contribution in [0.15, 0.2) is 23.6 Å². The molecule has 104 valence electrons. The molecule has 6 nitrogen and oxygen atoms in total. The van der Waals surface area contributed by atoms with Crippen molar-refractivity contribution in [1.29, 1.82) is 0 Å². The van der Waals surface area contributed by atoms with E-state index in [1.807, 2.05) is 13.0 Å². The molecule has 0 saturated carbocycles. The van der Waals surface area contributed by atoms with Gasteiger partial charge in [0.2, 0.25) is 0 Å². The number of carboxylic acid groups (broad SMARTS) is 1. The van der Waals surface area contributed by atoms with Crippen molar-refractivity contribution in [3.05, 3.63) is 45.4 Å². The highest BCUT2D eigenvalue weighted by Gasteiger charge is 2.11. The molecular weight excluding hydrogens is 278 g/mol. The van der Waals surface area contributed by atoms with Gasteiger partial charge >= 0.3 is 5.97 Å². The summed E-state index contributed by atoms with van der Waals surface area (Å²) in [4.78, 5) is 26.0. The zero-order valence-corrected chi connectivity index (χ0v) is 11.5. The number of aromatic carboxylic acids is 1. The standard InChI is InChI=1S/C13H13N3O3S/c1-7-2-3-8(12(14)17)9(4-7)15-5-11-16-10(6-20-11)13(18)19/h2-4,6,15H,5H2,1H3,(H2,14,17)(H,18,19). The van der Waals surface area contributed by atoms with E-state index in [-0.39, 0.29) is 5.69 Å². The molecule has 0 radical (unpaired) electrons. The average Bonchev–Trinajstić information content (AvgIpc) is 2.85. The first-order valence-corrected chi connectivity index (χ1v) is 6.67. The molecule has 0 aliphatic rings. The zero-order valence-electron chi connectivity index (χ0n) is 10.7. The number of thiazole rings is 1. The fourth-order valence-corrected chi connectivity index (χ4v) is 2.39. The quantitative estimate of drug-likeness (QED) is 0.779. The lowest BCUT2D eigenvalue weighted by molar-refractivity contribution is 0.0691. The average molecular weight is 291 g/mol. The molecule has 0 atom stereocenters. The Morgan fingerprint density at radius 1 is 1.45 bits per heavy atom. The molecule has 0 aliphatic heterocycles. The number of rotatable bonds is 5. The Morgan fingerprint density at radius 2 is 2.20 bits per heavy atom. The highest BCUT2D eigenvalue weighted by Crippen LogP contribution is 2.19. The fourth-order valence-electron chi connectivity index (χ4n) is 1.68. The SMILES string of the molecule is Cc1ccc(C(N)=O)c(NCc2nc(C(=O)O)cs2)c1. The molecule has 2 rings (SSSR count). The number of nitrogens with two attached hydrogens (primary N) is 1. The number of benzene rings is 1. The second-order valence-corrected chi connectivity index (χ2v) is 5.14. The van der Waals surface area contributed by atoms with Crippen LogP contribution in [0.2, 0.25) is 0 Å². The Hall–Kier alpha value is -2.41. The third kappa shape index (κ3) is 3.12. The van der Waals surface area contributed by atoms with Gasteiger partial charge in [-0.05, 0) is 24.6 Å². The van der Waals surface area contributed by atoms with Crippen LogP contribution in [0.5, 0.6) is 0 Å². The monoisotopic (exact) mass is 291 g/mol. The Balaban J connectivity index is 2.15. The molecular formula is C13H13N3O3S. The van der Waals surface area contributed by atoms with E-state index in [1.165, 1.54) is 16.7 Å². The molecule has 1 heterocycles. The molecule has 0 saturated heterocycles. The molecule has 0 fully saturated rings. The minimum Gasteiger partial charge on any atom is -0.476 e. The van der Waals surface area contributed by atoms with Crippen molar-refractivity contribution in [2.45, 2.75) is 13.5 Å². The van der Waals surface area contributed by atoms with E-state index in [1.54, 1.807) is 12.1 Å². The predicted octanol–water partition coefficient (Wildman–Crippen LogP) is 1.86. The number of nitrogens with zero attached hydrogens (tertiary/aromatic N) is 1. The zero-order chi connectivity index (χ0) is 14.7. The van der Waals surface area contributed by atoms with Crippen LogP contribution in [0.25, 0.3) is 0 Å². The number of aryl methyl sites for hydroxylation is 1. The first-order chi connectivity index (χ1) is 9.47. The summed E-state index contributed by atoms with van der Waals surface area (Å²) in [5.74, 6) is -1.57. The van der Waals surface area contributed by atoms with Crippen LogP contribution in [-0.2, 0) is 6.54 Å². The van der Waals surface area contributed by atoms with Gasteiger partial charge in [-0.3, -0.25) is 4.79 Å². The van der Waals surface area contributed by atoms with E-state index < -0.39 is 11.9 Å². The van der Waals surface area contributed by atoms with Crippen molar-refractivity contribution < 1.29 is 14.7 Å². The number of carbonyl (C=O) groups is 2. The molecule has 0 bridgehead atoms. The van der Waals surface area contributed by atoms with Crippen molar-refractivity contribution in [3.63, 3.8) is 0 Å². The molecule has 4 N–H and O–H groups in total. The minimum atomic E-state index is -1.05. The normalized spacial score (nSPS) is 10.2. The van der Waals surface area contributed by atoms with Crippen LogP contribution < -0.4 is 11.1 Å². The van der Waals surface area contributed by atoms with Gasteiger partial charge < -0.3 is 16.2 Å². The maximum atomic E-state index is 11.3. The number of amides is 1. The second-order valence-electron chi connectivity index (χ2n) is 4.20. The number of aromatic nitrogens is 1. The number of carbonyl (C=O) groups excluding carboxylic acids is 1. The summed E-state index contributed by atoms with van der Waals surface area (Å²) in [6.45, 7) is 2.24. The predicted molar refractivity (Wildman–Crippen MR) is 76.1 cm³/mol. The van der Waals surface area contributed by atoms with Crippen LogP contribution in [0, 0.1) is 6.92 Å². The second kappa shape index (κ2) is 5.70. The molecule has 2 aromatic rings. The lowest BCUT2D eigenvalue weighted by Gasteiger charge is -2.09. The van der Waals surface area contributed by atoms with Gasteiger partial charge in [0.05, 0.1) is 12.1 Å². The maximum absolute atomic E-state index is 11.3. The summed E-state index contributed by atoms with van der Waals surface area (Å²) in [5.41, 5.74) is 7.33. The van der Waals surface area contributed by atoms with Crippen LogP contribution in [-0.4, -0.2) is 22.0 Å². The van der Waals surface area contributed by atoms with Gasteiger partial charge in [-0.2, -0.15) is 0 Å². The fraction of sp³-hybridized carbons (Fsp3) is 0.154. The van der Waals surface area contributed by atoms with Gasteiger partial charge in [0, 0.05) is 11.1 Å². The van der Waals surface area contributed by atoms with Crippen LogP contribution >= 0.6 is 11.3 Å². The van der Waals surface area contributed by atoms with Crippen molar-refractivity contribution in [1.82, 2.24) is 4.98 Å². The number of carboxylic acids is 1. The molecule has 0 unspecified atom stereocenters. The minimum absolute atomic E-state index is 0.0196. The summed E-state index contributed by atoms with van der Waals surface area (Å²) < 4.78 is 0. The van der Waals surface area contributed by atoms with Gasteiger partial charge in [0.1, 0.15) is 5.01 Å². The Kier molecular flexibility index (Phi) is 3.99. The van der Waals surface area contributed by atoms with E-state index in [4.69, 9.17) is 10.8 Å². The largest absolute Gasteiger partial charge is 0.476 e. The highest BCUT2D eigenvalue weighted by molar-refractivity contribution is 7.09. The first-order valence-electron chi connectivity index (χ1n) is 5.79. The number of nitrogens with one attached hydrogen (secondary N) is 1. The number of primary amides is 1. The van der Waals surface area contributed by atoms with Gasteiger partial charge in [-0.1, -0.05) is 6.07 Å². The summed E-state index contributed by atoms with van der Waals surface area (Å²) >= 11 is 1.24. The van der Waals surface area contributed by atoms with Crippen LogP contribution in [0.3, 0.4) is 0 Å². The van der Waals surface area contributed by atoms with E-state index in [2.05, 4.69) is 10.3 Å². The summed E-state index contributed by atoms with van der Waals surface area (Å²) in [5, 5.41) is 14.0. The topological polar surface area (TPSA) is 105 Å². The van der Waals surface area contributed by atoms with Crippen molar-refractivity contribution >= 4 is 28.9 Å². The van der Waals surface area contributed by atoms with E-state index in [0.717, 1.165) is 5.56 Å². The van der Waals surface area contributed by atoms with E-state index in [0.29, 0.717) is 22.8 Å². The molecule has 1 amide bonds. The Bertz CT molecular complexity index is 667. The molecule has 7 heteroatoms. The van der Waals surface area contributed by atoms with Crippen LogP contribution in [0.4, 0.5) is 5.69 Å². The number of hydrogen-bond acceptors (Lipinski definition) is 5. The molecule has 0 aliphatic carbocycles. The van der Waals surface area contributed by atoms with Gasteiger partial charge in [-0.15, -0.1) is 11.3 Å². The summed E-state index contributed by atoms with van der Waals surface area (Å²) in [6.07, 6.45) is 0. The number of hydrogen-bond donors (Lipinski definition) is 3. The lowest BCUT2D eigenvalue weighted by atomic mass is 10.1. The van der Waals surface area contributed by atoms with Crippen molar-refractivity contribution in [2.75, 3.05) is 5.32 Å². The molecule has 20 heavy (non-hydrogen) atoms. The van der Waals surface area contributed by atoms with Crippen molar-refractivity contribution in [3.8, 4) is 0 Å². The molecule has 0 spiro atoms. The maximum Gasteiger partial charge on any atom is 0.355 e. The van der Waals surface area contributed by atoms with Crippen LogP contribution in [0.1, 0.15) is 31.4 Å². The molecule has 1 aromatic heterocycles. The molecule has 1 aromatic carbocycles. The summed E-state index contributed by atoms with van der Waals surface area (Å²) in [6, 6.07) is 5.27. The van der Waals surface area contributed by atoms with Gasteiger partial charge in [-0.25, -0.2) is 9.78 Å². The number of anilines is 1. The Labute approximate surface area is 119 Å². The lowest BCUT2D eigenvalue weighted by Crippen LogP contribution is -2.14. The summed E-state index contributed by atoms with van der Waals surface area (Å²) in [7, 11) is 0. The Morgan fingerprint density at radius 3 is 2.80 bits per heavy atom. The first kappa shape index (κ1) is 14.0. The smallest absolute Gasteiger partial charge is 0.355 e. The third-order valence-electron chi connectivity index (χ3n) is 2.64. The van der Waals surface area contributed by atoms with Gasteiger partial charge in [0.15, 0.2) is 5.69 Å². The highest BCUT2D eigenvalue weighted by atomic mass is 32.1.